The van der Waals surface area contributed by atoms with Crippen LogP contribution in [-0.4, -0.2) is 109 Å². The molecule has 68 heavy (non-hydrogen) atoms. The maximum absolute atomic E-state index is 14.1. The maximum atomic E-state index is 14.1. The lowest BCUT2D eigenvalue weighted by Crippen LogP contribution is -2.45. The molecule has 1 atom stereocenters. The normalized spacial score (nSPS) is 13.9. The van der Waals surface area contributed by atoms with Gasteiger partial charge in [0.05, 0.1) is 16.2 Å². The average molecular weight is 972 g/mol. The summed E-state index contributed by atoms with van der Waals surface area (Å²) in [4.78, 5) is 34.9. The molecule has 0 unspecified atom stereocenters. The van der Waals surface area contributed by atoms with Crippen LogP contribution in [0.25, 0.3) is 16.7 Å². The van der Waals surface area contributed by atoms with Crippen molar-refractivity contribution < 1.29 is 9.72 Å². The molecule has 3 N–H and O–H groups in total. The number of nitrogens with zero attached hydrogens (tertiary/aromatic N) is 5. The lowest BCUT2D eigenvalue weighted by molar-refractivity contribution is -0.384. The van der Waals surface area contributed by atoms with Crippen LogP contribution in [0.5, 0.6) is 0 Å². The molecule has 1 saturated heterocycles. The van der Waals surface area contributed by atoms with E-state index in [9.17, 15) is 14.9 Å². The van der Waals surface area contributed by atoms with Crippen LogP contribution in [0.2, 0.25) is 0 Å². The molecular weight excluding hydrogens is 908 g/mol. The van der Waals surface area contributed by atoms with Gasteiger partial charge in [0.25, 0.3) is 11.6 Å². The number of allylic oxidation sites excluding steroid dienone is 5. The van der Waals surface area contributed by atoms with E-state index in [0.29, 0.717) is 22.8 Å². The zero-order chi connectivity index (χ0) is 48.6. The predicted molar refractivity (Wildman–Crippen MR) is 287 cm³/mol. The fraction of sp³-hybridized carbons (Fsp3) is 0.315. The lowest BCUT2D eigenvalue weighted by atomic mass is 9.94. The Bertz CT molecular complexity index is 2650. The molecule has 0 radical (unpaired) electrons. The number of thioether (sulfide) groups is 1. The van der Waals surface area contributed by atoms with Crippen LogP contribution in [0.3, 0.4) is 0 Å². The van der Waals surface area contributed by atoms with Crippen molar-refractivity contribution in [2.45, 2.75) is 42.5 Å². The fourth-order valence-electron chi connectivity index (χ4n) is 7.88. The van der Waals surface area contributed by atoms with Gasteiger partial charge in [-0.3, -0.25) is 14.9 Å². The summed E-state index contributed by atoms with van der Waals surface area (Å²) in [6.07, 6.45) is 7.42. The van der Waals surface area contributed by atoms with Gasteiger partial charge in [0.15, 0.2) is 0 Å². The van der Waals surface area contributed by atoms with Crippen molar-refractivity contribution in [2.75, 3.05) is 82.7 Å². The Kier molecular flexibility index (Phi) is 19.4. The molecule has 0 bridgehead atoms. The summed E-state index contributed by atoms with van der Waals surface area (Å²) in [6.45, 7) is 14.4. The largest absolute Gasteiger partial charge is 0.376 e. The molecule has 2 heterocycles. The van der Waals surface area contributed by atoms with Crippen molar-refractivity contribution in [2.24, 2.45) is 7.05 Å². The number of halogens is 1. The van der Waals surface area contributed by atoms with Crippen LogP contribution >= 0.6 is 35.3 Å². The monoisotopic (exact) mass is 970 g/mol. The Morgan fingerprint density at radius 1 is 0.941 bits per heavy atom. The van der Waals surface area contributed by atoms with Gasteiger partial charge in [-0.1, -0.05) is 72.5 Å². The Morgan fingerprint density at radius 3 is 2.37 bits per heavy atom. The number of hydrogen-bond donors (Lipinski definition) is 3. The molecule has 14 heteroatoms. The van der Waals surface area contributed by atoms with Crippen LogP contribution in [0, 0.1) is 28.9 Å². The van der Waals surface area contributed by atoms with Crippen molar-refractivity contribution in [3.63, 3.8) is 0 Å². The van der Waals surface area contributed by atoms with Gasteiger partial charge in [-0.25, -0.2) is 0 Å². The number of nitrogens with one attached hydrogen (secondary N) is 3. The summed E-state index contributed by atoms with van der Waals surface area (Å²) in [5.74, 6) is 7.31. The van der Waals surface area contributed by atoms with Crippen LogP contribution in [0.4, 0.5) is 17.1 Å². The zero-order valence-corrected chi connectivity index (χ0v) is 42.4. The first-order valence-electron chi connectivity index (χ1n) is 22.9. The number of rotatable bonds is 21. The van der Waals surface area contributed by atoms with Crippen molar-refractivity contribution in [1.82, 2.24) is 24.6 Å². The van der Waals surface area contributed by atoms with Crippen molar-refractivity contribution in [3.8, 4) is 23.0 Å². The van der Waals surface area contributed by atoms with Gasteiger partial charge in [-0.05, 0) is 151 Å². The number of nitro benzene ring substituents is 1. The number of aromatic nitrogens is 1. The van der Waals surface area contributed by atoms with E-state index >= 15 is 0 Å². The molecule has 356 valence electrons. The summed E-state index contributed by atoms with van der Waals surface area (Å²) in [5, 5.41) is 19.4. The van der Waals surface area contributed by atoms with Crippen LogP contribution in [0.1, 0.15) is 52.6 Å². The first-order valence-corrected chi connectivity index (χ1v) is 25.1. The second-order valence-electron chi connectivity index (χ2n) is 17.1. The first-order chi connectivity index (χ1) is 32.8. The first kappa shape index (κ1) is 51.7. The molecule has 6 rings (SSSR count). The lowest BCUT2D eigenvalue weighted by Gasteiger charge is -2.32. The van der Waals surface area contributed by atoms with Crippen molar-refractivity contribution in [1.29, 1.82) is 0 Å². The summed E-state index contributed by atoms with van der Waals surface area (Å²) < 4.78 is 5.40. The van der Waals surface area contributed by atoms with Crippen LogP contribution < -0.4 is 15.4 Å². The number of amides is 1. The van der Waals surface area contributed by atoms with Crippen LogP contribution in [-0.2, 0) is 7.05 Å². The van der Waals surface area contributed by atoms with Gasteiger partial charge in [0.2, 0.25) is 0 Å². The third-order valence-corrected chi connectivity index (χ3v) is 13.9. The Morgan fingerprint density at radius 2 is 1.68 bits per heavy atom. The van der Waals surface area contributed by atoms with Crippen molar-refractivity contribution >= 4 is 63.9 Å². The number of benzene rings is 4. The zero-order valence-electron chi connectivity index (χ0n) is 40.0. The van der Waals surface area contributed by atoms with Gasteiger partial charge in [0, 0.05) is 101 Å². The average Bonchev–Trinajstić information content (AvgIpc) is 3.60. The van der Waals surface area contributed by atoms with E-state index in [1.54, 1.807) is 30.0 Å². The number of likely N-dealkylation sites (N-methyl/N-ethyl adjacent to an activating group) is 1. The van der Waals surface area contributed by atoms with E-state index in [4.69, 9.17) is 11.6 Å². The van der Waals surface area contributed by atoms with Gasteiger partial charge in [0.1, 0.15) is 5.69 Å². The number of piperazine rings is 1. The third-order valence-electron chi connectivity index (χ3n) is 11.8. The van der Waals surface area contributed by atoms with Gasteiger partial charge < -0.3 is 34.6 Å². The fourth-order valence-corrected chi connectivity index (χ4v) is 9.62. The summed E-state index contributed by atoms with van der Waals surface area (Å²) >= 11 is 9.23. The summed E-state index contributed by atoms with van der Waals surface area (Å²) in [6, 6.07) is 31.3. The molecule has 0 spiro atoms. The van der Waals surface area contributed by atoms with Crippen molar-refractivity contribution in [3.05, 3.63) is 165 Å². The van der Waals surface area contributed by atoms with Crippen LogP contribution in [0.15, 0.2) is 137 Å². The van der Waals surface area contributed by atoms with E-state index in [1.165, 1.54) is 11.9 Å². The second-order valence-corrected chi connectivity index (χ2v) is 19.6. The highest BCUT2D eigenvalue weighted by Crippen LogP contribution is 2.38. The minimum absolute atomic E-state index is 0.0323. The molecule has 1 fully saturated rings. The predicted octanol–water partition coefficient (Wildman–Crippen LogP) is 11.0. The molecule has 11 nitrogen and oxygen atoms in total. The molecule has 5 aromatic rings. The van der Waals surface area contributed by atoms with E-state index in [1.807, 2.05) is 120 Å². The molecule has 0 aliphatic carbocycles. The molecular formula is C54H63ClN8O3S2. The molecule has 0 saturated carbocycles. The SMILES string of the molecule is C=C(Cl)/C=C\C(=C/C)c1c(-c2cccc(C#Cc3ccc(NSc4ccc(N[C@H](CCN(C)C)CSc5ccccc5)c([N+](=O)[O-])c4)cc3)c2)c(C(=O)NCCCN2CCN(C)CC2)c(C)n1C. The second kappa shape index (κ2) is 25.6. The molecule has 1 aliphatic heterocycles. The highest BCUT2D eigenvalue weighted by molar-refractivity contribution is 8.00. The Labute approximate surface area is 416 Å². The van der Waals surface area contributed by atoms with E-state index in [-0.39, 0.29) is 22.6 Å². The topological polar surface area (TPSA) is 111 Å². The standard InChI is InChI=1S/C54H63ClN8O3S2/c1-8-43(23-18-39(2)55)53-52(51(40(3)61(53)7)54(64)56-29-13-30-62-34-32-60(6)33-35-62)44-15-12-14-42(36-44)20-19-41-21-24-45(25-22-41)58-68-48-26-27-49(50(37-48)63(65)66)57-46(28-31-59(4)5)38-67-47-16-10-9-11-17-47/h8-12,14-18,21-27,36-37,46,57-58H,2,13,28-35,38H2,1,3-7H3,(H,56,64)/b23-18-,43-8+/t46-/m1/s1. The highest BCUT2D eigenvalue weighted by atomic mass is 35.5. The van der Waals surface area contributed by atoms with Gasteiger partial charge in [-0.2, -0.15) is 0 Å². The number of carbonyl (C=O) groups is 1. The summed E-state index contributed by atoms with van der Waals surface area (Å²) in [5.41, 5.74) is 7.99. The Hall–Kier alpha value is -5.72. The smallest absolute Gasteiger partial charge is 0.293 e. The summed E-state index contributed by atoms with van der Waals surface area (Å²) in [7, 11) is 8.21. The number of carbonyl (C=O) groups excluding carboxylic acids is 1. The highest BCUT2D eigenvalue weighted by Gasteiger charge is 2.26. The third kappa shape index (κ3) is 14.9. The quantitative estimate of drug-likeness (QED) is 0.0125. The maximum Gasteiger partial charge on any atom is 0.293 e. The molecule has 1 aliphatic rings. The van der Waals surface area contributed by atoms with Gasteiger partial charge >= 0.3 is 0 Å². The minimum atomic E-state index is -0.325. The number of nitro groups is 1. The number of hydrogen-bond acceptors (Lipinski definition) is 10. The van der Waals surface area contributed by atoms with E-state index in [0.717, 1.165) is 113 Å². The molecule has 1 aromatic heterocycles. The Balaban J connectivity index is 1.15. The number of anilines is 2. The van der Waals surface area contributed by atoms with E-state index in [2.05, 4.69) is 72.2 Å². The molecule has 1 amide bonds. The minimum Gasteiger partial charge on any atom is -0.376 e. The van der Waals surface area contributed by atoms with Gasteiger partial charge in [-0.15, -0.1) is 11.8 Å². The van der Waals surface area contributed by atoms with E-state index < -0.39 is 0 Å². The molecule has 4 aromatic carbocycles.